The van der Waals surface area contributed by atoms with Gasteiger partial charge in [-0.15, -0.1) is 0 Å². The molecule has 128 valence electrons. The van der Waals surface area contributed by atoms with Crippen LogP contribution in [0.3, 0.4) is 0 Å². The molecule has 0 aliphatic carbocycles. The number of carbonyl (C=O) groups excluding carboxylic acids is 1. The van der Waals surface area contributed by atoms with E-state index in [2.05, 4.69) is 10.1 Å². The lowest BCUT2D eigenvalue weighted by Crippen LogP contribution is -2.49. The number of rotatable bonds is 9. The lowest BCUT2D eigenvalue weighted by molar-refractivity contribution is -0.139. The average Bonchev–Trinajstić information content (AvgIpc) is 2.47. The minimum atomic E-state index is -2.98. The summed E-state index contributed by atoms with van der Waals surface area (Å²) in [5, 5.41) is 11.7. The van der Waals surface area contributed by atoms with E-state index in [1.807, 2.05) is 0 Å². The van der Waals surface area contributed by atoms with Crippen LogP contribution < -0.4 is 10.1 Å². The van der Waals surface area contributed by atoms with Gasteiger partial charge in [0.1, 0.15) is 5.75 Å². The molecule has 0 saturated heterocycles. The normalized spacial score (nSPS) is 11.3. The van der Waals surface area contributed by atoms with Crippen LogP contribution in [0.2, 0.25) is 0 Å². The van der Waals surface area contributed by atoms with E-state index in [-0.39, 0.29) is 18.6 Å². The fraction of sp³-hybridized carbons (Fsp3) is 0.500. The van der Waals surface area contributed by atoms with E-state index in [0.717, 1.165) is 0 Å². The molecular formula is C16H21F2NO4. The Balaban J connectivity index is 2.85. The molecule has 0 aromatic heterocycles. The van der Waals surface area contributed by atoms with Crippen LogP contribution in [0.4, 0.5) is 8.78 Å². The molecule has 1 aromatic carbocycles. The van der Waals surface area contributed by atoms with Crippen LogP contribution in [0.25, 0.3) is 0 Å². The largest absolute Gasteiger partial charge is 0.481 e. The minimum Gasteiger partial charge on any atom is -0.481 e. The third kappa shape index (κ3) is 5.84. The van der Waals surface area contributed by atoms with E-state index >= 15 is 0 Å². The van der Waals surface area contributed by atoms with Crippen LogP contribution in [-0.2, 0) is 16.0 Å². The Morgan fingerprint density at radius 3 is 2.39 bits per heavy atom. The molecule has 0 fully saturated rings. The molecule has 1 aromatic rings. The van der Waals surface area contributed by atoms with Gasteiger partial charge in [0.25, 0.3) is 0 Å². The summed E-state index contributed by atoms with van der Waals surface area (Å²) in [6.45, 7) is 0.609. The first-order chi connectivity index (χ1) is 10.8. The smallest absolute Gasteiger partial charge is 0.387 e. The molecular weight excluding hydrogens is 308 g/mol. The number of para-hydroxylation sites is 1. The first kappa shape index (κ1) is 18.9. The van der Waals surface area contributed by atoms with E-state index < -0.39 is 24.0 Å². The van der Waals surface area contributed by atoms with E-state index in [9.17, 15) is 18.4 Å². The second-order valence-corrected chi connectivity index (χ2v) is 5.27. The summed E-state index contributed by atoms with van der Waals surface area (Å²) >= 11 is 0. The number of hydrogen-bond donors (Lipinski definition) is 2. The average molecular weight is 329 g/mol. The van der Waals surface area contributed by atoms with Gasteiger partial charge in [-0.25, -0.2) is 0 Å². The number of amides is 1. The fourth-order valence-corrected chi connectivity index (χ4v) is 2.38. The number of benzene rings is 1. The van der Waals surface area contributed by atoms with Crippen LogP contribution in [0.5, 0.6) is 5.75 Å². The zero-order valence-electron chi connectivity index (χ0n) is 13.1. The maximum atomic E-state index is 12.4. The van der Waals surface area contributed by atoms with Gasteiger partial charge in [-0.3, -0.25) is 9.59 Å². The van der Waals surface area contributed by atoms with Crippen molar-refractivity contribution < 1.29 is 28.2 Å². The van der Waals surface area contributed by atoms with Gasteiger partial charge in [0.15, 0.2) is 0 Å². The Bertz CT molecular complexity index is 545. The summed E-state index contributed by atoms with van der Waals surface area (Å²) in [7, 11) is 0. The number of ether oxygens (including phenoxy) is 1. The Labute approximate surface area is 133 Å². The van der Waals surface area contributed by atoms with Crippen LogP contribution in [0.15, 0.2) is 24.3 Å². The molecule has 0 atom stereocenters. The predicted molar refractivity (Wildman–Crippen MR) is 80.5 cm³/mol. The molecule has 1 amide bonds. The van der Waals surface area contributed by atoms with Gasteiger partial charge in [-0.05, 0) is 18.9 Å². The molecule has 1 rings (SSSR count). The van der Waals surface area contributed by atoms with E-state index in [1.54, 1.807) is 19.9 Å². The lowest BCUT2D eigenvalue weighted by atomic mass is 9.88. The van der Waals surface area contributed by atoms with E-state index in [1.165, 1.54) is 18.2 Å². The van der Waals surface area contributed by atoms with Crippen molar-refractivity contribution in [2.24, 2.45) is 0 Å². The Hall–Kier alpha value is -2.18. The van der Waals surface area contributed by atoms with Gasteiger partial charge in [-0.1, -0.05) is 32.0 Å². The number of aliphatic carboxylic acids is 1. The highest BCUT2D eigenvalue weighted by Crippen LogP contribution is 2.23. The highest BCUT2D eigenvalue weighted by atomic mass is 19.3. The summed E-state index contributed by atoms with van der Waals surface area (Å²) in [5.41, 5.74) is -0.525. The van der Waals surface area contributed by atoms with Gasteiger partial charge < -0.3 is 15.2 Å². The molecule has 0 saturated carbocycles. The predicted octanol–water partition coefficient (Wildman–Crippen LogP) is 2.98. The number of carboxylic acids is 1. The fourth-order valence-electron chi connectivity index (χ4n) is 2.38. The first-order valence-electron chi connectivity index (χ1n) is 7.37. The summed E-state index contributed by atoms with van der Waals surface area (Å²) in [5.74, 6) is -1.50. The topological polar surface area (TPSA) is 75.6 Å². The van der Waals surface area contributed by atoms with Crippen molar-refractivity contribution in [2.45, 2.75) is 51.7 Å². The lowest BCUT2D eigenvalue weighted by Gasteiger charge is -2.31. The van der Waals surface area contributed by atoms with Gasteiger partial charge in [0.2, 0.25) is 5.91 Å². The summed E-state index contributed by atoms with van der Waals surface area (Å²) in [6.07, 6.45) is 0.554. The molecule has 7 heteroatoms. The number of hydrogen-bond acceptors (Lipinski definition) is 3. The van der Waals surface area contributed by atoms with Crippen molar-refractivity contribution in [2.75, 3.05) is 0 Å². The Morgan fingerprint density at radius 2 is 1.87 bits per heavy atom. The third-order valence-corrected chi connectivity index (χ3v) is 3.79. The number of alkyl halides is 2. The maximum Gasteiger partial charge on any atom is 0.387 e. The monoisotopic (exact) mass is 329 g/mol. The molecule has 0 aliphatic rings. The number of carboxylic acid groups (broad SMARTS) is 1. The van der Waals surface area contributed by atoms with Gasteiger partial charge in [0.05, 0.1) is 12.8 Å². The molecule has 23 heavy (non-hydrogen) atoms. The summed E-state index contributed by atoms with van der Waals surface area (Å²) < 4.78 is 29.1. The maximum absolute atomic E-state index is 12.4. The van der Waals surface area contributed by atoms with Crippen molar-refractivity contribution in [3.05, 3.63) is 29.8 Å². The van der Waals surface area contributed by atoms with Crippen molar-refractivity contribution in [3.8, 4) is 5.75 Å². The molecule has 5 nitrogen and oxygen atoms in total. The first-order valence-corrected chi connectivity index (χ1v) is 7.37. The second kappa shape index (κ2) is 8.45. The van der Waals surface area contributed by atoms with Crippen LogP contribution in [0.1, 0.15) is 38.7 Å². The summed E-state index contributed by atoms with van der Waals surface area (Å²) in [4.78, 5) is 23.2. The van der Waals surface area contributed by atoms with Crippen LogP contribution in [0, 0.1) is 0 Å². The third-order valence-electron chi connectivity index (χ3n) is 3.79. The van der Waals surface area contributed by atoms with Crippen molar-refractivity contribution in [1.29, 1.82) is 0 Å². The van der Waals surface area contributed by atoms with Crippen molar-refractivity contribution >= 4 is 11.9 Å². The van der Waals surface area contributed by atoms with Gasteiger partial charge >= 0.3 is 12.6 Å². The molecule has 0 aliphatic heterocycles. The minimum absolute atomic E-state index is 0.0607. The number of carbonyl (C=O) groups is 2. The molecule has 0 heterocycles. The number of halogens is 2. The van der Waals surface area contributed by atoms with Crippen LogP contribution >= 0.6 is 0 Å². The van der Waals surface area contributed by atoms with Crippen molar-refractivity contribution in [1.82, 2.24) is 5.32 Å². The molecule has 0 bridgehead atoms. The molecule has 0 radical (unpaired) electrons. The second-order valence-electron chi connectivity index (χ2n) is 5.27. The SMILES string of the molecule is CCC(CC)(CC(=O)O)NC(=O)Cc1ccccc1OC(F)F. The standard InChI is InChI=1S/C16H21F2NO4/c1-3-16(4-2,10-14(21)22)19-13(20)9-11-7-5-6-8-12(11)23-15(17)18/h5-8,15H,3-4,9-10H2,1-2H3,(H,19,20)(H,21,22). The zero-order valence-corrected chi connectivity index (χ0v) is 13.1. The van der Waals surface area contributed by atoms with Gasteiger partial charge in [0, 0.05) is 11.1 Å². The Morgan fingerprint density at radius 1 is 1.26 bits per heavy atom. The Kier molecular flexibility index (Phi) is 6.93. The van der Waals surface area contributed by atoms with Gasteiger partial charge in [-0.2, -0.15) is 8.78 Å². The van der Waals surface area contributed by atoms with Crippen LogP contribution in [-0.4, -0.2) is 29.1 Å². The number of nitrogens with one attached hydrogen (secondary N) is 1. The highest BCUT2D eigenvalue weighted by Gasteiger charge is 2.31. The van der Waals surface area contributed by atoms with E-state index in [0.29, 0.717) is 18.4 Å². The highest BCUT2D eigenvalue weighted by molar-refractivity contribution is 5.81. The van der Waals surface area contributed by atoms with Crippen molar-refractivity contribution in [3.63, 3.8) is 0 Å². The zero-order chi connectivity index (χ0) is 17.5. The molecule has 0 unspecified atom stereocenters. The van der Waals surface area contributed by atoms with E-state index in [4.69, 9.17) is 5.11 Å². The molecule has 2 N–H and O–H groups in total. The summed E-state index contributed by atoms with van der Waals surface area (Å²) in [6, 6.07) is 6.03. The molecule has 0 spiro atoms. The quantitative estimate of drug-likeness (QED) is 0.730.